The standard InChI is InChI=1S/C21H28N4O2/c1-3-24-12-14-25(15-13-24)21(26)19-16-18(9-11-23-19)22-10-8-17-6-4-5-7-20(17)27-2/h4-7,9,11,16H,3,8,10,12-15H2,1-2H3,(H,22,23). The van der Waals surface area contributed by atoms with E-state index in [1.165, 1.54) is 0 Å². The highest BCUT2D eigenvalue weighted by Crippen LogP contribution is 2.18. The summed E-state index contributed by atoms with van der Waals surface area (Å²) in [6, 6.07) is 11.8. The van der Waals surface area contributed by atoms with Gasteiger partial charge in [-0.05, 0) is 36.7 Å². The Hall–Kier alpha value is -2.60. The smallest absolute Gasteiger partial charge is 0.272 e. The summed E-state index contributed by atoms with van der Waals surface area (Å²) in [5, 5.41) is 3.38. The average Bonchev–Trinajstić information content (AvgIpc) is 2.74. The molecule has 1 aliphatic heterocycles. The molecule has 1 saturated heterocycles. The first-order chi connectivity index (χ1) is 13.2. The molecule has 1 fully saturated rings. The third-order valence-corrected chi connectivity index (χ3v) is 5.00. The third-order valence-electron chi connectivity index (χ3n) is 5.00. The lowest BCUT2D eigenvalue weighted by atomic mass is 10.1. The Kier molecular flexibility index (Phi) is 6.65. The van der Waals surface area contributed by atoms with Gasteiger partial charge in [0.1, 0.15) is 11.4 Å². The molecule has 0 saturated carbocycles. The number of amides is 1. The molecular weight excluding hydrogens is 340 g/mol. The molecule has 1 aromatic heterocycles. The van der Waals surface area contributed by atoms with Crippen molar-refractivity contribution in [1.82, 2.24) is 14.8 Å². The summed E-state index contributed by atoms with van der Waals surface area (Å²) < 4.78 is 5.39. The van der Waals surface area contributed by atoms with Crippen LogP contribution in [0, 0.1) is 0 Å². The van der Waals surface area contributed by atoms with Crippen LogP contribution >= 0.6 is 0 Å². The van der Waals surface area contributed by atoms with Crippen molar-refractivity contribution >= 4 is 11.6 Å². The monoisotopic (exact) mass is 368 g/mol. The van der Waals surface area contributed by atoms with Crippen LogP contribution in [0.5, 0.6) is 5.75 Å². The molecule has 0 bridgehead atoms. The number of ether oxygens (including phenoxy) is 1. The van der Waals surface area contributed by atoms with Crippen LogP contribution in [0.1, 0.15) is 23.0 Å². The molecule has 1 amide bonds. The first kappa shape index (κ1) is 19.2. The number of nitrogens with zero attached hydrogens (tertiary/aromatic N) is 3. The van der Waals surface area contributed by atoms with Crippen LogP contribution in [-0.2, 0) is 6.42 Å². The van der Waals surface area contributed by atoms with Crippen LogP contribution in [0.4, 0.5) is 5.69 Å². The molecule has 1 N–H and O–H groups in total. The van der Waals surface area contributed by atoms with Crippen LogP contribution in [0.3, 0.4) is 0 Å². The summed E-state index contributed by atoms with van der Waals surface area (Å²) in [5.74, 6) is 0.912. The number of anilines is 1. The second kappa shape index (κ2) is 9.37. The lowest BCUT2D eigenvalue weighted by molar-refractivity contribution is 0.0637. The van der Waals surface area contributed by atoms with Gasteiger partial charge < -0.3 is 19.9 Å². The molecule has 0 atom stereocenters. The molecule has 2 heterocycles. The van der Waals surface area contributed by atoms with Gasteiger partial charge in [0, 0.05) is 44.6 Å². The quantitative estimate of drug-likeness (QED) is 0.814. The average molecular weight is 368 g/mol. The molecule has 2 aromatic rings. The van der Waals surface area contributed by atoms with Gasteiger partial charge in [-0.3, -0.25) is 9.78 Å². The highest BCUT2D eigenvalue weighted by molar-refractivity contribution is 5.93. The van der Waals surface area contributed by atoms with Crippen molar-refractivity contribution in [2.45, 2.75) is 13.3 Å². The lowest BCUT2D eigenvalue weighted by Crippen LogP contribution is -2.48. The van der Waals surface area contributed by atoms with Gasteiger partial charge in [0.15, 0.2) is 0 Å². The Balaban J connectivity index is 1.56. The van der Waals surface area contributed by atoms with E-state index >= 15 is 0 Å². The Morgan fingerprint density at radius 2 is 1.96 bits per heavy atom. The van der Waals surface area contributed by atoms with E-state index in [1.54, 1.807) is 13.3 Å². The SMILES string of the molecule is CCN1CCN(C(=O)c2cc(NCCc3ccccc3OC)ccn2)CC1. The van der Waals surface area contributed by atoms with Gasteiger partial charge in [-0.25, -0.2) is 0 Å². The fraction of sp³-hybridized carbons (Fsp3) is 0.429. The zero-order valence-corrected chi connectivity index (χ0v) is 16.1. The molecule has 0 spiro atoms. The summed E-state index contributed by atoms with van der Waals surface area (Å²) in [6.07, 6.45) is 2.54. The number of rotatable bonds is 7. The van der Waals surface area contributed by atoms with E-state index in [2.05, 4.69) is 28.2 Å². The number of pyridine rings is 1. The predicted octanol–water partition coefficient (Wildman–Crippen LogP) is 2.52. The van der Waals surface area contributed by atoms with E-state index in [0.717, 1.165) is 62.7 Å². The lowest BCUT2D eigenvalue weighted by Gasteiger charge is -2.33. The highest BCUT2D eigenvalue weighted by Gasteiger charge is 2.22. The minimum absolute atomic E-state index is 0.0131. The van der Waals surface area contributed by atoms with Gasteiger partial charge >= 0.3 is 0 Å². The summed E-state index contributed by atoms with van der Waals surface area (Å²) >= 11 is 0. The summed E-state index contributed by atoms with van der Waals surface area (Å²) in [6.45, 7) is 7.33. The van der Waals surface area contributed by atoms with Gasteiger partial charge in [-0.1, -0.05) is 25.1 Å². The predicted molar refractivity (Wildman–Crippen MR) is 107 cm³/mol. The highest BCUT2D eigenvalue weighted by atomic mass is 16.5. The van der Waals surface area contributed by atoms with E-state index in [1.807, 2.05) is 35.2 Å². The Morgan fingerprint density at radius 1 is 1.19 bits per heavy atom. The van der Waals surface area contributed by atoms with Crippen LogP contribution in [0.2, 0.25) is 0 Å². The second-order valence-corrected chi connectivity index (χ2v) is 6.64. The van der Waals surface area contributed by atoms with Crippen molar-refractivity contribution < 1.29 is 9.53 Å². The first-order valence-electron chi connectivity index (χ1n) is 9.54. The van der Waals surface area contributed by atoms with Crippen LogP contribution in [0.15, 0.2) is 42.6 Å². The maximum absolute atomic E-state index is 12.7. The van der Waals surface area contributed by atoms with E-state index in [-0.39, 0.29) is 5.91 Å². The number of nitrogens with one attached hydrogen (secondary N) is 1. The number of methoxy groups -OCH3 is 1. The molecule has 144 valence electrons. The number of hydrogen-bond acceptors (Lipinski definition) is 5. The molecule has 0 aliphatic carbocycles. The largest absolute Gasteiger partial charge is 0.496 e. The number of aromatic nitrogens is 1. The van der Waals surface area contributed by atoms with Crippen LogP contribution < -0.4 is 10.1 Å². The molecule has 1 aliphatic rings. The minimum atomic E-state index is 0.0131. The van der Waals surface area contributed by atoms with Crippen LogP contribution in [0.25, 0.3) is 0 Å². The molecule has 27 heavy (non-hydrogen) atoms. The summed E-state index contributed by atoms with van der Waals surface area (Å²) in [7, 11) is 1.69. The Morgan fingerprint density at radius 3 is 2.70 bits per heavy atom. The van der Waals surface area contributed by atoms with Crippen molar-refractivity contribution in [2.75, 3.05) is 51.7 Å². The number of carbonyl (C=O) groups excluding carboxylic acids is 1. The molecule has 0 unspecified atom stereocenters. The zero-order chi connectivity index (χ0) is 19.1. The first-order valence-corrected chi connectivity index (χ1v) is 9.54. The number of benzene rings is 1. The molecule has 6 nitrogen and oxygen atoms in total. The van der Waals surface area contributed by atoms with E-state index in [0.29, 0.717) is 5.69 Å². The normalized spacial score (nSPS) is 14.8. The Labute approximate surface area is 161 Å². The van der Waals surface area contributed by atoms with Crippen molar-refractivity contribution in [3.63, 3.8) is 0 Å². The van der Waals surface area contributed by atoms with Gasteiger partial charge in [-0.15, -0.1) is 0 Å². The molecule has 6 heteroatoms. The fourth-order valence-corrected chi connectivity index (χ4v) is 3.34. The fourth-order valence-electron chi connectivity index (χ4n) is 3.34. The van der Waals surface area contributed by atoms with E-state index < -0.39 is 0 Å². The number of piperazine rings is 1. The van der Waals surface area contributed by atoms with Gasteiger partial charge in [0.05, 0.1) is 7.11 Å². The molecule has 1 aromatic carbocycles. The number of likely N-dealkylation sites (N-methyl/N-ethyl adjacent to an activating group) is 1. The van der Waals surface area contributed by atoms with Crippen molar-refractivity contribution in [3.8, 4) is 5.75 Å². The van der Waals surface area contributed by atoms with Gasteiger partial charge in [-0.2, -0.15) is 0 Å². The number of para-hydroxylation sites is 1. The van der Waals surface area contributed by atoms with E-state index in [4.69, 9.17) is 4.74 Å². The van der Waals surface area contributed by atoms with Crippen molar-refractivity contribution in [2.24, 2.45) is 0 Å². The van der Waals surface area contributed by atoms with Crippen molar-refractivity contribution in [3.05, 3.63) is 53.9 Å². The van der Waals surface area contributed by atoms with Crippen molar-refractivity contribution in [1.29, 1.82) is 0 Å². The molecule has 3 rings (SSSR count). The topological polar surface area (TPSA) is 57.7 Å². The number of carbonyl (C=O) groups is 1. The van der Waals surface area contributed by atoms with E-state index in [9.17, 15) is 4.79 Å². The molecular formula is C21H28N4O2. The second-order valence-electron chi connectivity index (χ2n) is 6.64. The zero-order valence-electron chi connectivity index (χ0n) is 16.1. The maximum Gasteiger partial charge on any atom is 0.272 e. The van der Waals surface area contributed by atoms with Gasteiger partial charge in [0.25, 0.3) is 5.91 Å². The molecule has 0 radical (unpaired) electrons. The minimum Gasteiger partial charge on any atom is -0.496 e. The summed E-state index contributed by atoms with van der Waals surface area (Å²) in [5.41, 5.74) is 2.57. The maximum atomic E-state index is 12.7. The third kappa shape index (κ3) is 4.98. The van der Waals surface area contributed by atoms with Gasteiger partial charge in [0.2, 0.25) is 0 Å². The Bertz CT molecular complexity index is 757. The van der Waals surface area contributed by atoms with Crippen LogP contribution in [-0.4, -0.2) is 67.1 Å². The number of hydrogen-bond donors (Lipinski definition) is 1. The summed E-state index contributed by atoms with van der Waals surface area (Å²) in [4.78, 5) is 21.3.